The molecule has 2 rings (SSSR count). The second-order valence-electron chi connectivity index (χ2n) is 3.43. The van der Waals surface area contributed by atoms with E-state index in [9.17, 15) is 0 Å². The van der Waals surface area contributed by atoms with Crippen LogP contribution in [0.1, 0.15) is 0 Å². The zero-order valence-corrected chi connectivity index (χ0v) is 7.95. The van der Waals surface area contributed by atoms with Crippen LogP contribution in [0.4, 0.5) is 0 Å². The molecule has 1 N–H and O–H groups in total. The van der Waals surface area contributed by atoms with Crippen molar-refractivity contribution in [3.63, 3.8) is 0 Å². The van der Waals surface area contributed by atoms with E-state index in [2.05, 4.69) is 33.2 Å². The summed E-state index contributed by atoms with van der Waals surface area (Å²) in [6.07, 6.45) is 4.76. The summed E-state index contributed by atoms with van der Waals surface area (Å²) in [4.78, 5) is 8.88. The van der Waals surface area contributed by atoms with Crippen molar-refractivity contribution in [3.8, 4) is 0 Å². The fourth-order valence-corrected chi connectivity index (χ4v) is 1.54. The topological polar surface area (TPSA) is 30.9 Å². The highest BCUT2D eigenvalue weighted by atomic mass is 15.3. The standard InChI is InChI=1S/C9H15N4/c1-12-5-7-13(8-6-12)9-10-3-2-4-11-9/h3H,4-8H2,1H3,(H,10,11). The Morgan fingerprint density at radius 2 is 2.15 bits per heavy atom. The third-order valence-electron chi connectivity index (χ3n) is 2.43. The molecule has 0 saturated carbocycles. The number of piperazine rings is 1. The SMILES string of the molecule is CN1CCN(C2=NC=[C]CN2)CC1. The third-order valence-corrected chi connectivity index (χ3v) is 2.43. The van der Waals surface area contributed by atoms with E-state index in [0.717, 1.165) is 38.7 Å². The zero-order chi connectivity index (χ0) is 9.10. The molecule has 4 heteroatoms. The molecule has 2 aliphatic rings. The van der Waals surface area contributed by atoms with E-state index in [0.29, 0.717) is 0 Å². The van der Waals surface area contributed by atoms with E-state index in [1.165, 1.54) is 0 Å². The highest BCUT2D eigenvalue weighted by molar-refractivity contribution is 5.81. The average Bonchev–Trinajstić information content (AvgIpc) is 2.20. The molecule has 0 bridgehead atoms. The van der Waals surface area contributed by atoms with Gasteiger partial charge in [-0.2, -0.15) is 0 Å². The average molecular weight is 179 g/mol. The molecule has 71 valence electrons. The van der Waals surface area contributed by atoms with Crippen molar-refractivity contribution < 1.29 is 0 Å². The highest BCUT2D eigenvalue weighted by Gasteiger charge is 2.17. The molecule has 0 amide bonds. The Labute approximate surface area is 78.9 Å². The Hall–Kier alpha value is -1.03. The first-order valence-electron chi connectivity index (χ1n) is 4.66. The molecule has 4 nitrogen and oxygen atoms in total. The molecule has 13 heavy (non-hydrogen) atoms. The normalized spacial score (nSPS) is 24.1. The van der Waals surface area contributed by atoms with Crippen molar-refractivity contribution in [1.29, 1.82) is 0 Å². The minimum atomic E-state index is 0.783. The first-order chi connectivity index (χ1) is 6.36. The lowest BCUT2D eigenvalue weighted by molar-refractivity contribution is 0.211. The van der Waals surface area contributed by atoms with Gasteiger partial charge < -0.3 is 15.1 Å². The minimum Gasteiger partial charge on any atom is -0.352 e. The molecular formula is C9H15N4. The number of nitrogens with zero attached hydrogens (tertiary/aromatic N) is 3. The maximum atomic E-state index is 4.25. The van der Waals surface area contributed by atoms with Crippen molar-refractivity contribution in [1.82, 2.24) is 15.1 Å². The number of guanidine groups is 1. The molecule has 0 atom stereocenters. The van der Waals surface area contributed by atoms with Gasteiger partial charge in [0.2, 0.25) is 0 Å². The second kappa shape index (κ2) is 3.79. The highest BCUT2D eigenvalue weighted by Crippen LogP contribution is 2.01. The second-order valence-corrected chi connectivity index (χ2v) is 3.43. The summed E-state index contributed by atoms with van der Waals surface area (Å²) >= 11 is 0. The van der Waals surface area contributed by atoms with E-state index >= 15 is 0 Å². The molecule has 0 aromatic rings. The molecule has 0 unspecified atom stereocenters. The molecule has 2 aliphatic heterocycles. The summed E-state index contributed by atoms with van der Waals surface area (Å²) in [6.45, 7) is 5.15. The van der Waals surface area contributed by atoms with E-state index in [1.807, 2.05) is 0 Å². The van der Waals surface area contributed by atoms with Crippen LogP contribution in [0, 0.1) is 6.08 Å². The first-order valence-corrected chi connectivity index (χ1v) is 4.66. The first kappa shape index (κ1) is 8.56. The van der Waals surface area contributed by atoms with Gasteiger partial charge >= 0.3 is 0 Å². The van der Waals surface area contributed by atoms with Crippen LogP contribution >= 0.6 is 0 Å². The molecule has 0 aromatic carbocycles. The van der Waals surface area contributed by atoms with Crippen LogP contribution in [0.15, 0.2) is 11.2 Å². The summed E-state index contributed by atoms with van der Waals surface area (Å²) in [5.41, 5.74) is 0. The van der Waals surface area contributed by atoms with Crippen LogP contribution in [0.3, 0.4) is 0 Å². The van der Waals surface area contributed by atoms with Crippen molar-refractivity contribution in [3.05, 3.63) is 12.3 Å². The number of aliphatic imine (C=N–C) groups is 1. The van der Waals surface area contributed by atoms with E-state index in [1.54, 1.807) is 6.20 Å². The van der Waals surface area contributed by atoms with Crippen molar-refractivity contribution in [2.45, 2.75) is 0 Å². The summed E-state index contributed by atoms with van der Waals surface area (Å²) in [5, 5.41) is 3.22. The number of nitrogens with one attached hydrogen (secondary N) is 1. The van der Waals surface area contributed by atoms with Gasteiger partial charge in [-0.05, 0) is 13.1 Å². The van der Waals surface area contributed by atoms with Crippen LogP contribution in [0.2, 0.25) is 0 Å². The minimum absolute atomic E-state index is 0.783. The van der Waals surface area contributed by atoms with Gasteiger partial charge in [0.1, 0.15) is 0 Å². The Balaban J connectivity index is 1.93. The predicted molar refractivity (Wildman–Crippen MR) is 52.3 cm³/mol. The lowest BCUT2D eigenvalue weighted by Crippen LogP contribution is -2.51. The van der Waals surface area contributed by atoms with Crippen LogP contribution in [-0.2, 0) is 0 Å². The molecule has 1 fully saturated rings. The largest absolute Gasteiger partial charge is 0.352 e. The van der Waals surface area contributed by atoms with Gasteiger partial charge in [0.25, 0.3) is 0 Å². The van der Waals surface area contributed by atoms with Crippen LogP contribution in [-0.4, -0.2) is 55.5 Å². The summed E-state index contributed by atoms with van der Waals surface area (Å²) < 4.78 is 0. The van der Waals surface area contributed by atoms with Crippen LogP contribution in [0.5, 0.6) is 0 Å². The Morgan fingerprint density at radius 3 is 2.77 bits per heavy atom. The maximum Gasteiger partial charge on any atom is 0.198 e. The Morgan fingerprint density at radius 1 is 1.38 bits per heavy atom. The molecule has 2 heterocycles. The molecule has 0 spiro atoms. The van der Waals surface area contributed by atoms with E-state index < -0.39 is 0 Å². The van der Waals surface area contributed by atoms with E-state index in [4.69, 9.17) is 0 Å². The van der Waals surface area contributed by atoms with Crippen molar-refractivity contribution in [2.75, 3.05) is 39.8 Å². The van der Waals surface area contributed by atoms with Gasteiger partial charge in [-0.15, -0.1) is 0 Å². The third kappa shape index (κ3) is 2.01. The lowest BCUT2D eigenvalue weighted by Gasteiger charge is -2.34. The molecule has 1 saturated heterocycles. The number of hydrogen-bond acceptors (Lipinski definition) is 4. The number of rotatable bonds is 0. The lowest BCUT2D eigenvalue weighted by atomic mass is 10.3. The Bertz CT molecular complexity index is 226. The fraction of sp³-hybridized carbons (Fsp3) is 0.667. The smallest absolute Gasteiger partial charge is 0.198 e. The van der Waals surface area contributed by atoms with Crippen LogP contribution < -0.4 is 5.32 Å². The summed E-state index contributed by atoms with van der Waals surface area (Å²) in [7, 11) is 2.15. The van der Waals surface area contributed by atoms with Gasteiger partial charge in [-0.25, -0.2) is 4.99 Å². The zero-order valence-electron chi connectivity index (χ0n) is 7.95. The van der Waals surface area contributed by atoms with Gasteiger partial charge in [0, 0.05) is 38.9 Å². The predicted octanol–water partition coefficient (Wildman–Crippen LogP) is -0.490. The number of likely N-dealkylation sites (N-methyl/N-ethyl adjacent to an activating group) is 1. The molecule has 1 radical (unpaired) electrons. The monoisotopic (exact) mass is 179 g/mol. The van der Waals surface area contributed by atoms with Gasteiger partial charge in [-0.3, -0.25) is 0 Å². The van der Waals surface area contributed by atoms with Crippen LogP contribution in [0.25, 0.3) is 0 Å². The van der Waals surface area contributed by atoms with E-state index in [-0.39, 0.29) is 0 Å². The molecule has 0 aliphatic carbocycles. The van der Waals surface area contributed by atoms with Gasteiger partial charge in [0.05, 0.1) is 0 Å². The van der Waals surface area contributed by atoms with Crippen molar-refractivity contribution in [2.24, 2.45) is 4.99 Å². The van der Waals surface area contributed by atoms with Gasteiger partial charge in [-0.1, -0.05) is 0 Å². The quantitative estimate of drug-likeness (QED) is 0.544. The van der Waals surface area contributed by atoms with Gasteiger partial charge in [0.15, 0.2) is 5.96 Å². The van der Waals surface area contributed by atoms with Crippen molar-refractivity contribution >= 4 is 5.96 Å². The maximum absolute atomic E-state index is 4.25. The summed E-state index contributed by atoms with van der Waals surface area (Å²) in [5.74, 6) is 1.01. The molecular weight excluding hydrogens is 164 g/mol. The number of hydrogen-bond donors (Lipinski definition) is 1. The fourth-order valence-electron chi connectivity index (χ4n) is 1.54. The molecule has 0 aromatic heterocycles. The Kier molecular flexibility index (Phi) is 2.49. The summed E-state index contributed by atoms with van der Waals surface area (Å²) in [6, 6.07) is 0.